The van der Waals surface area contributed by atoms with Gasteiger partial charge in [-0.05, 0) is 33.8 Å². The number of H-pyrrole nitrogens is 1. The molecule has 0 amide bonds. The highest BCUT2D eigenvalue weighted by atomic mass is 19.4. The third-order valence-electron chi connectivity index (χ3n) is 4.40. The van der Waals surface area contributed by atoms with Crippen molar-refractivity contribution in [1.82, 2.24) is 9.97 Å². The fourth-order valence-electron chi connectivity index (χ4n) is 2.34. The van der Waals surface area contributed by atoms with Crippen LogP contribution in [0.5, 0.6) is 0 Å². The average molecular weight is 312 g/mol. The van der Waals surface area contributed by atoms with Crippen LogP contribution in [0.4, 0.5) is 13.2 Å². The molecule has 22 heavy (non-hydrogen) atoms. The Morgan fingerprint density at radius 3 is 2.27 bits per heavy atom. The highest BCUT2D eigenvalue weighted by Gasteiger charge is 2.52. The monoisotopic (exact) mass is 312 g/mol. The normalized spacial score (nSPS) is 20.8. The molecule has 0 unspecified atom stereocenters. The standard InChI is InChI=1S/C14H16BF3N2O2/c1-12(2)13(3,4)22-15(21-12)10-7-20-11-9(10)5-8(6-19-11)14(16,17)18/h5-7H,1-4H3,(H,19,20). The number of aromatic amines is 1. The van der Waals surface area contributed by atoms with E-state index in [9.17, 15) is 13.2 Å². The van der Waals surface area contributed by atoms with Gasteiger partial charge in [0.05, 0.1) is 16.8 Å². The minimum Gasteiger partial charge on any atom is -0.399 e. The first-order valence-electron chi connectivity index (χ1n) is 6.91. The Balaban J connectivity index is 2.06. The summed E-state index contributed by atoms with van der Waals surface area (Å²) in [6.07, 6.45) is -2.04. The SMILES string of the molecule is CC1(C)OB(c2c[nH]c3ncc(C(F)(F)F)cc23)OC1(C)C. The lowest BCUT2D eigenvalue weighted by Crippen LogP contribution is -2.41. The van der Waals surface area contributed by atoms with Crippen LogP contribution in [0.2, 0.25) is 0 Å². The van der Waals surface area contributed by atoms with E-state index in [4.69, 9.17) is 9.31 Å². The molecule has 1 fully saturated rings. The molecule has 0 saturated carbocycles. The third kappa shape index (κ3) is 2.30. The molecule has 2 aromatic heterocycles. The van der Waals surface area contributed by atoms with Crippen LogP contribution >= 0.6 is 0 Å². The molecular formula is C14H16BF3N2O2. The van der Waals surface area contributed by atoms with Crippen LogP contribution in [0.25, 0.3) is 11.0 Å². The molecule has 0 spiro atoms. The van der Waals surface area contributed by atoms with Crippen molar-refractivity contribution in [3.63, 3.8) is 0 Å². The van der Waals surface area contributed by atoms with Crippen LogP contribution in [-0.4, -0.2) is 28.3 Å². The minimum atomic E-state index is -4.44. The van der Waals surface area contributed by atoms with Gasteiger partial charge in [0.1, 0.15) is 5.65 Å². The fourth-order valence-corrected chi connectivity index (χ4v) is 2.34. The summed E-state index contributed by atoms with van der Waals surface area (Å²) in [5, 5.41) is 0.355. The molecule has 0 bridgehead atoms. The number of hydrogen-bond acceptors (Lipinski definition) is 3. The zero-order chi connectivity index (χ0) is 16.3. The lowest BCUT2D eigenvalue weighted by atomic mass is 9.79. The van der Waals surface area contributed by atoms with E-state index in [0.29, 0.717) is 16.5 Å². The van der Waals surface area contributed by atoms with Crippen LogP contribution < -0.4 is 5.46 Å². The van der Waals surface area contributed by atoms with Gasteiger partial charge in [0.2, 0.25) is 0 Å². The third-order valence-corrected chi connectivity index (χ3v) is 4.40. The minimum absolute atomic E-state index is 0.355. The summed E-state index contributed by atoms with van der Waals surface area (Å²) in [7, 11) is -0.732. The molecule has 1 N–H and O–H groups in total. The van der Waals surface area contributed by atoms with E-state index in [-0.39, 0.29) is 0 Å². The van der Waals surface area contributed by atoms with E-state index >= 15 is 0 Å². The number of halogens is 3. The van der Waals surface area contributed by atoms with Crippen molar-refractivity contribution in [1.29, 1.82) is 0 Å². The van der Waals surface area contributed by atoms with Crippen LogP contribution in [-0.2, 0) is 15.5 Å². The maximum Gasteiger partial charge on any atom is 0.497 e. The second-order valence-corrected chi connectivity index (χ2v) is 6.45. The molecule has 0 radical (unpaired) electrons. The van der Waals surface area contributed by atoms with Crippen molar-refractivity contribution < 1.29 is 22.5 Å². The molecule has 0 aliphatic carbocycles. The molecule has 4 nitrogen and oxygen atoms in total. The highest BCUT2D eigenvalue weighted by molar-refractivity contribution is 6.65. The van der Waals surface area contributed by atoms with E-state index in [2.05, 4.69) is 9.97 Å². The fraction of sp³-hybridized carbons (Fsp3) is 0.500. The van der Waals surface area contributed by atoms with Gasteiger partial charge in [-0.2, -0.15) is 13.2 Å². The molecule has 1 aliphatic rings. The number of hydrogen-bond donors (Lipinski definition) is 1. The molecule has 0 atom stereocenters. The maximum absolute atomic E-state index is 12.9. The van der Waals surface area contributed by atoms with Crippen molar-refractivity contribution in [2.24, 2.45) is 0 Å². The lowest BCUT2D eigenvalue weighted by molar-refractivity contribution is -0.137. The first-order valence-corrected chi connectivity index (χ1v) is 6.91. The van der Waals surface area contributed by atoms with Gasteiger partial charge in [0.25, 0.3) is 0 Å². The Labute approximate surface area is 126 Å². The number of pyridine rings is 1. The first kappa shape index (κ1) is 15.4. The van der Waals surface area contributed by atoms with Crippen molar-refractivity contribution in [2.45, 2.75) is 45.1 Å². The topological polar surface area (TPSA) is 47.1 Å². The summed E-state index contributed by atoms with van der Waals surface area (Å²) in [5.41, 5.74) is -1.02. The van der Waals surface area contributed by atoms with Crippen molar-refractivity contribution in [3.8, 4) is 0 Å². The summed E-state index contributed by atoms with van der Waals surface area (Å²) < 4.78 is 50.4. The summed E-state index contributed by atoms with van der Waals surface area (Å²) in [6.45, 7) is 7.56. The summed E-state index contributed by atoms with van der Waals surface area (Å²) >= 11 is 0. The molecule has 3 rings (SSSR count). The van der Waals surface area contributed by atoms with Gasteiger partial charge >= 0.3 is 13.3 Å². The number of fused-ring (bicyclic) bond motifs is 1. The van der Waals surface area contributed by atoms with E-state index in [1.165, 1.54) is 0 Å². The van der Waals surface area contributed by atoms with E-state index in [0.717, 1.165) is 12.3 Å². The predicted octanol–water partition coefficient (Wildman–Crippen LogP) is 2.88. The van der Waals surface area contributed by atoms with Gasteiger partial charge in [-0.15, -0.1) is 0 Å². The largest absolute Gasteiger partial charge is 0.497 e. The number of nitrogens with zero attached hydrogens (tertiary/aromatic N) is 1. The van der Waals surface area contributed by atoms with Crippen molar-refractivity contribution >= 4 is 23.6 Å². The number of nitrogens with one attached hydrogen (secondary N) is 1. The average Bonchev–Trinajstić information content (AvgIpc) is 2.86. The van der Waals surface area contributed by atoms with Gasteiger partial charge in [-0.25, -0.2) is 4.98 Å². The first-order chi connectivity index (χ1) is 10.0. The van der Waals surface area contributed by atoms with Gasteiger partial charge in [0, 0.05) is 23.2 Å². The summed E-state index contributed by atoms with van der Waals surface area (Å²) in [5.74, 6) is 0. The number of aromatic nitrogens is 2. The Morgan fingerprint density at radius 2 is 1.73 bits per heavy atom. The van der Waals surface area contributed by atoms with E-state index < -0.39 is 30.1 Å². The Morgan fingerprint density at radius 1 is 1.14 bits per heavy atom. The highest BCUT2D eigenvalue weighted by Crippen LogP contribution is 2.37. The van der Waals surface area contributed by atoms with E-state index in [1.807, 2.05) is 27.7 Å². The molecule has 1 saturated heterocycles. The predicted molar refractivity (Wildman–Crippen MR) is 76.8 cm³/mol. The van der Waals surface area contributed by atoms with Crippen LogP contribution in [0.15, 0.2) is 18.5 Å². The summed E-state index contributed by atoms with van der Waals surface area (Å²) in [6, 6.07) is 1.07. The zero-order valence-corrected chi connectivity index (χ0v) is 12.7. The van der Waals surface area contributed by atoms with Crippen LogP contribution in [0, 0.1) is 0 Å². The molecule has 118 valence electrons. The Hall–Kier alpha value is -1.54. The zero-order valence-electron chi connectivity index (χ0n) is 12.7. The molecular weight excluding hydrogens is 296 g/mol. The van der Waals surface area contributed by atoms with Crippen LogP contribution in [0.1, 0.15) is 33.3 Å². The van der Waals surface area contributed by atoms with Gasteiger partial charge < -0.3 is 14.3 Å². The Kier molecular flexibility index (Phi) is 3.13. The second-order valence-electron chi connectivity index (χ2n) is 6.45. The smallest absolute Gasteiger partial charge is 0.399 e. The maximum atomic E-state index is 12.9. The van der Waals surface area contributed by atoms with Crippen LogP contribution in [0.3, 0.4) is 0 Å². The van der Waals surface area contributed by atoms with Crippen molar-refractivity contribution in [3.05, 3.63) is 24.0 Å². The molecule has 2 aromatic rings. The van der Waals surface area contributed by atoms with Gasteiger partial charge in [-0.1, -0.05) is 0 Å². The van der Waals surface area contributed by atoms with Gasteiger partial charge in [0.15, 0.2) is 0 Å². The quantitative estimate of drug-likeness (QED) is 0.824. The number of alkyl halides is 3. The number of rotatable bonds is 1. The molecule has 8 heteroatoms. The second kappa shape index (κ2) is 4.49. The molecule has 0 aromatic carbocycles. The van der Waals surface area contributed by atoms with E-state index in [1.54, 1.807) is 6.20 Å². The van der Waals surface area contributed by atoms with Crippen molar-refractivity contribution in [2.75, 3.05) is 0 Å². The lowest BCUT2D eigenvalue weighted by Gasteiger charge is -2.32. The van der Waals surface area contributed by atoms with Gasteiger partial charge in [-0.3, -0.25) is 0 Å². The Bertz CT molecular complexity index is 708. The summed E-state index contributed by atoms with van der Waals surface area (Å²) in [4.78, 5) is 6.69. The molecule has 1 aliphatic heterocycles. The molecule has 3 heterocycles.